The summed E-state index contributed by atoms with van der Waals surface area (Å²) in [5, 5.41) is 2.59. The van der Waals surface area contributed by atoms with Crippen molar-refractivity contribution in [2.45, 2.75) is 45.6 Å². The van der Waals surface area contributed by atoms with E-state index >= 15 is 0 Å². The molecule has 1 saturated heterocycles. The normalized spacial score (nSPS) is 24.4. The van der Waals surface area contributed by atoms with Crippen LogP contribution in [0.5, 0.6) is 0 Å². The third-order valence-corrected chi connectivity index (χ3v) is 4.03. The molecule has 0 spiro atoms. The summed E-state index contributed by atoms with van der Waals surface area (Å²) in [6, 6.07) is -0.0453. The van der Waals surface area contributed by atoms with Crippen LogP contribution in [0, 0.1) is 11.8 Å². The van der Waals surface area contributed by atoms with E-state index in [2.05, 4.69) is 5.32 Å². The summed E-state index contributed by atoms with van der Waals surface area (Å²) in [4.78, 5) is 48.5. The summed E-state index contributed by atoms with van der Waals surface area (Å²) in [5.41, 5.74) is 0. The maximum absolute atomic E-state index is 12.2. The molecule has 122 valence electrons. The Bertz CT molecular complexity index is 464. The maximum atomic E-state index is 12.2. The average molecular weight is 310 g/mol. The number of nitrogens with one attached hydrogen (secondary N) is 1. The van der Waals surface area contributed by atoms with Crippen molar-refractivity contribution >= 4 is 23.7 Å². The summed E-state index contributed by atoms with van der Waals surface area (Å²) >= 11 is 0. The van der Waals surface area contributed by atoms with Gasteiger partial charge in [0.25, 0.3) is 5.91 Å². The van der Waals surface area contributed by atoms with Gasteiger partial charge in [-0.05, 0) is 26.7 Å². The fourth-order valence-corrected chi connectivity index (χ4v) is 3.07. The van der Waals surface area contributed by atoms with Crippen molar-refractivity contribution in [3.05, 3.63) is 0 Å². The highest BCUT2D eigenvalue weighted by molar-refractivity contribution is 6.07. The molecule has 2 atom stereocenters. The van der Waals surface area contributed by atoms with Crippen molar-refractivity contribution in [1.29, 1.82) is 0 Å². The Balaban J connectivity index is 1.85. The fourth-order valence-electron chi connectivity index (χ4n) is 3.07. The van der Waals surface area contributed by atoms with Gasteiger partial charge in [-0.15, -0.1) is 0 Å². The quantitative estimate of drug-likeness (QED) is 0.579. The standard InChI is InChI=1S/C15H22N2O5/c1-9(2)16-12(18)8-22-13(19)7-17-14(20)10-5-3-4-6-11(10)15(17)21/h9-11H,3-8H2,1-2H3,(H,16,18)/t10-,11-/m1/s1. The molecule has 1 N–H and O–H groups in total. The first kappa shape index (κ1) is 16.5. The van der Waals surface area contributed by atoms with Crippen LogP contribution >= 0.6 is 0 Å². The predicted octanol–water partition coefficient (Wildman–Crippen LogP) is 0.229. The van der Waals surface area contributed by atoms with E-state index in [1.165, 1.54) is 0 Å². The molecule has 2 aliphatic rings. The van der Waals surface area contributed by atoms with Crippen LogP contribution in [0.15, 0.2) is 0 Å². The lowest BCUT2D eigenvalue weighted by atomic mass is 9.81. The van der Waals surface area contributed by atoms with E-state index in [1.54, 1.807) is 13.8 Å². The monoisotopic (exact) mass is 310 g/mol. The molecule has 0 bridgehead atoms. The Labute approximate surface area is 129 Å². The molecule has 3 amide bonds. The fraction of sp³-hybridized carbons (Fsp3) is 0.733. The summed E-state index contributed by atoms with van der Waals surface area (Å²) in [5.74, 6) is -2.26. The third-order valence-electron chi connectivity index (χ3n) is 4.03. The van der Waals surface area contributed by atoms with Gasteiger partial charge in [0.05, 0.1) is 11.8 Å². The molecule has 2 fully saturated rings. The zero-order chi connectivity index (χ0) is 16.3. The summed E-state index contributed by atoms with van der Waals surface area (Å²) in [7, 11) is 0. The minimum absolute atomic E-state index is 0.0453. The molecule has 1 saturated carbocycles. The van der Waals surface area contributed by atoms with Gasteiger partial charge in [0.2, 0.25) is 11.8 Å². The lowest BCUT2D eigenvalue weighted by Crippen LogP contribution is -2.39. The number of likely N-dealkylation sites (tertiary alicyclic amines) is 1. The number of carbonyl (C=O) groups excluding carboxylic acids is 4. The first-order valence-electron chi connectivity index (χ1n) is 7.70. The number of hydrogen-bond acceptors (Lipinski definition) is 5. The van der Waals surface area contributed by atoms with Gasteiger partial charge >= 0.3 is 5.97 Å². The molecular weight excluding hydrogens is 288 g/mol. The first-order chi connectivity index (χ1) is 10.4. The van der Waals surface area contributed by atoms with Gasteiger partial charge in [-0.3, -0.25) is 24.1 Å². The van der Waals surface area contributed by atoms with E-state index in [0.717, 1.165) is 17.7 Å². The SMILES string of the molecule is CC(C)NC(=O)COC(=O)CN1C(=O)[C@@H]2CCCC[C@H]2C1=O. The van der Waals surface area contributed by atoms with Crippen LogP contribution in [0.4, 0.5) is 0 Å². The number of hydrogen-bond donors (Lipinski definition) is 1. The van der Waals surface area contributed by atoms with E-state index in [0.29, 0.717) is 12.8 Å². The van der Waals surface area contributed by atoms with E-state index in [9.17, 15) is 19.2 Å². The molecule has 1 heterocycles. The Kier molecular flexibility index (Phi) is 5.15. The lowest BCUT2D eigenvalue weighted by Gasteiger charge is -2.19. The molecule has 7 heteroatoms. The molecule has 1 aliphatic heterocycles. The van der Waals surface area contributed by atoms with Gasteiger partial charge in [0, 0.05) is 6.04 Å². The van der Waals surface area contributed by atoms with Crippen LogP contribution in [0.2, 0.25) is 0 Å². The number of nitrogens with zero attached hydrogens (tertiary/aromatic N) is 1. The molecule has 22 heavy (non-hydrogen) atoms. The molecular formula is C15H22N2O5. The van der Waals surface area contributed by atoms with Crippen molar-refractivity contribution in [2.24, 2.45) is 11.8 Å². The van der Waals surface area contributed by atoms with E-state index in [1.807, 2.05) is 0 Å². The Hall–Kier alpha value is -1.92. The highest BCUT2D eigenvalue weighted by Gasteiger charge is 2.48. The largest absolute Gasteiger partial charge is 0.454 e. The van der Waals surface area contributed by atoms with E-state index in [-0.39, 0.29) is 29.7 Å². The minimum atomic E-state index is -0.737. The second kappa shape index (κ2) is 6.89. The topological polar surface area (TPSA) is 92.8 Å². The highest BCUT2D eigenvalue weighted by Crippen LogP contribution is 2.37. The van der Waals surface area contributed by atoms with Gasteiger partial charge in [0.1, 0.15) is 6.54 Å². The predicted molar refractivity (Wildman–Crippen MR) is 76.4 cm³/mol. The van der Waals surface area contributed by atoms with Crippen molar-refractivity contribution in [3.8, 4) is 0 Å². The summed E-state index contributed by atoms with van der Waals surface area (Å²) < 4.78 is 4.82. The van der Waals surface area contributed by atoms with Gasteiger partial charge in [0.15, 0.2) is 6.61 Å². The summed E-state index contributed by atoms with van der Waals surface area (Å²) in [6.45, 7) is 2.78. The van der Waals surface area contributed by atoms with Crippen LogP contribution in [0.1, 0.15) is 39.5 Å². The van der Waals surface area contributed by atoms with Gasteiger partial charge in [-0.25, -0.2) is 0 Å². The number of rotatable bonds is 5. The second-order valence-electron chi connectivity index (χ2n) is 6.14. The molecule has 0 radical (unpaired) electrons. The van der Waals surface area contributed by atoms with Crippen molar-refractivity contribution < 1.29 is 23.9 Å². The van der Waals surface area contributed by atoms with Crippen molar-refractivity contribution in [1.82, 2.24) is 10.2 Å². The molecule has 2 rings (SSSR count). The molecule has 0 aromatic heterocycles. The molecule has 0 aromatic carbocycles. The number of carbonyl (C=O) groups is 4. The Morgan fingerprint density at radius 3 is 2.23 bits per heavy atom. The second-order valence-corrected chi connectivity index (χ2v) is 6.14. The molecule has 1 aliphatic carbocycles. The van der Waals surface area contributed by atoms with Crippen LogP contribution in [0.3, 0.4) is 0 Å². The molecule has 0 aromatic rings. The number of ether oxygens (including phenoxy) is 1. The summed E-state index contributed by atoms with van der Waals surface area (Å²) in [6.07, 6.45) is 3.29. The van der Waals surface area contributed by atoms with Gasteiger partial charge in [-0.1, -0.05) is 12.8 Å². The third kappa shape index (κ3) is 3.64. The number of esters is 1. The van der Waals surface area contributed by atoms with E-state index < -0.39 is 25.0 Å². The first-order valence-corrected chi connectivity index (χ1v) is 7.70. The smallest absolute Gasteiger partial charge is 0.326 e. The van der Waals surface area contributed by atoms with Crippen LogP contribution in [-0.2, 0) is 23.9 Å². The number of amides is 3. The number of imide groups is 1. The molecule has 0 unspecified atom stereocenters. The van der Waals surface area contributed by atoms with Gasteiger partial charge in [-0.2, -0.15) is 0 Å². The highest BCUT2D eigenvalue weighted by atomic mass is 16.5. The molecule has 7 nitrogen and oxygen atoms in total. The number of fused-ring (bicyclic) bond motifs is 1. The Morgan fingerprint density at radius 1 is 1.18 bits per heavy atom. The van der Waals surface area contributed by atoms with E-state index in [4.69, 9.17) is 4.74 Å². The van der Waals surface area contributed by atoms with Crippen LogP contribution in [-0.4, -0.2) is 47.8 Å². The zero-order valence-electron chi connectivity index (χ0n) is 13.0. The minimum Gasteiger partial charge on any atom is -0.454 e. The van der Waals surface area contributed by atoms with Crippen molar-refractivity contribution in [2.75, 3.05) is 13.2 Å². The lowest BCUT2D eigenvalue weighted by molar-refractivity contribution is -0.155. The van der Waals surface area contributed by atoms with Crippen molar-refractivity contribution in [3.63, 3.8) is 0 Å². The van der Waals surface area contributed by atoms with Crippen LogP contribution < -0.4 is 5.32 Å². The van der Waals surface area contributed by atoms with Crippen LogP contribution in [0.25, 0.3) is 0 Å². The van der Waals surface area contributed by atoms with Gasteiger partial charge < -0.3 is 10.1 Å². The zero-order valence-corrected chi connectivity index (χ0v) is 13.0. The average Bonchev–Trinajstić information content (AvgIpc) is 2.70. The Morgan fingerprint density at radius 2 is 1.73 bits per heavy atom. The maximum Gasteiger partial charge on any atom is 0.326 e.